The van der Waals surface area contributed by atoms with Gasteiger partial charge in [-0.05, 0) is 18.9 Å². The van der Waals surface area contributed by atoms with E-state index in [1.807, 2.05) is 0 Å². The van der Waals surface area contributed by atoms with Crippen LogP contribution in [0.25, 0.3) is 0 Å². The normalized spacial score (nSPS) is 10.3. The summed E-state index contributed by atoms with van der Waals surface area (Å²) in [4.78, 5) is 35.4. The van der Waals surface area contributed by atoms with E-state index in [-0.39, 0.29) is 16.4 Å². The van der Waals surface area contributed by atoms with E-state index in [9.17, 15) is 14.4 Å². The summed E-state index contributed by atoms with van der Waals surface area (Å²) in [5.41, 5.74) is -0.732. The maximum Gasteiger partial charge on any atom is 0.328 e. The molecular formula is C13H18N2O3S. The average Bonchev–Trinajstić information content (AvgIpc) is 2.39. The van der Waals surface area contributed by atoms with Crippen molar-refractivity contribution in [2.45, 2.75) is 32.2 Å². The summed E-state index contributed by atoms with van der Waals surface area (Å²) in [7, 11) is 0. The summed E-state index contributed by atoms with van der Waals surface area (Å²) in [5.74, 6) is 0.809. The van der Waals surface area contributed by atoms with Gasteiger partial charge >= 0.3 is 5.69 Å². The van der Waals surface area contributed by atoms with E-state index in [2.05, 4.69) is 11.6 Å². The minimum Gasteiger partial charge on any atom is -0.301 e. The molecule has 1 aromatic heterocycles. The van der Waals surface area contributed by atoms with Crippen LogP contribution < -0.4 is 11.2 Å². The molecule has 0 unspecified atom stereocenters. The topological polar surface area (TPSA) is 71.9 Å². The van der Waals surface area contributed by atoms with Gasteiger partial charge in [-0.2, -0.15) is 0 Å². The second-order valence-corrected chi connectivity index (χ2v) is 5.19. The molecule has 0 aliphatic heterocycles. The molecule has 1 aromatic rings. The fourth-order valence-corrected chi connectivity index (χ4v) is 2.26. The molecule has 1 N–H and O–H groups in total. The number of aryl methyl sites for hydroxylation is 1. The summed E-state index contributed by atoms with van der Waals surface area (Å²) >= 11 is 1.28. The molecular weight excluding hydrogens is 264 g/mol. The van der Waals surface area contributed by atoms with Crippen LogP contribution in [-0.2, 0) is 11.3 Å². The van der Waals surface area contributed by atoms with E-state index in [0.717, 1.165) is 31.4 Å². The van der Waals surface area contributed by atoms with Crippen molar-refractivity contribution in [2.75, 3.05) is 5.75 Å². The van der Waals surface area contributed by atoms with Gasteiger partial charge in [-0.15, -0.1) is 0 Å². The van der Waals surface area contributed by atoms with Crippen molar-refractivity contribution < 1.29 is 4.79 Å². The van der Waals surface area contributed by atoms with E-state index in [0.29, 0.717) is 6.54 Å². The van der Waals surface area contributed by atoms with Crippen LogP contribution in [0.1, 0.15) is 25.7 Å². The molecule has 5 nitrogen and oxygen atoms in total. The minimum atomic E-state index is -0.370. The van der Waals surface area contributed by atoms with Gasteiger partial charge in [0.05, 0.1) is 0 Å². The number of nitrogens with zero attached hydrogens (tertiary/aromatic N) is 1. The lowest BCUT2D eigenvalue weighted by Crippen LogP contribution is -2.28. The standard InChI is InChI=1S/C13H18N2O3S/c1-2-12(17)19-10-6-4-3-5-8-15-9-7-11(16)14-13(15)18/h2,7,9H,1,3-6,8,10H2,(H,14,16,18). The first kappa shape index (κ1) is 15.5. The lowest BCUT2D eigenvalue weighted by molar-refractivity contribution is -0.107. The van der Waals surface area contributed by atoms with Crippen molar-refractivity contribution >= 4 is 16.9 Å². The van der Waals surface area contributed by atoms with Gasteiger partial charge in [-0.25, -0.2) is 4.79 Å². The summed E-state index contributed by atoms with van der Waals surface area (Å²) in [6.07, 6.45) is 6.72. The van der Waals surface area contributed by atoms with Crippen LogP contribution in [0.4, 0.5) is 0 Å². The molecule has 0 saturated heterocycles. The molecule has 104 valence electrons. The predicted molar refractivity (Wildman–Crippen MR) is 77.5 cm³/mol. The number of hydrogen-bond acceptors (Lipinski definition) is 4. The van der Waals surface area contributed by atoms with E-state index >= 15 is 0 Å². The predicted octanol–water partition coefficient (Wildman–Crippen LogP) is 1.54. The molecule has 0 aromatic carbocycles. The molecule has 0 saturated carbocycles. The molecule has 1 rings (SSSR count). The highest BCUT2D eigenvalue weighted by Crippen LogP contribution is 2.09. The number of nitrogens with one attached hydrogen (secondary N) is 1. The Morgan fingerprint density at radius 1 is 1.32 bits per heavy atom. The number of H-pyrrole nitrogens is 1. The third kappa shape index (κ3) is 6.24. The lowest BCUT2D eigenvalue weighted by Gasteiger charge is -2.04. The Hall–Kier alpha value is -1.56. The van der Waals surface area contributed by atoms with Gasteiger partial charge in [0.15, 0.2) is 0 Å². The molecule has 0 spiro atoms. The Morgan fingerprint density at radius 2 is 2.05 bits per heavy atom. The van der Waals surface area contributed by atoms with Crippen LogP contribution in [-0.4, -0.2) is 20.4 Å². The monoisotopic (exact) mass is 282 g/mol. The number of carbonyl (C=O) groups is 1. The number of aromatic nitrogens is 2. The molecule has 0 amide bonds. The Morgan fingerprint density at radius 3 is 2.74 bits per heavy atom. The largest absolute Gasteiger partial charge is 0.328 e. The smallest absolute Gasteiger partial charge is 0.301 e. The van der Waals surface area contributed by atoms with E-state index in [1.54, 1.807) is 0 Å². The van der Waals surface area contributed by atoms with Crippen molar-refractivity contribution in [3.05, 3.63) is 45.8 Å². The maximum absolute atomic E-state index is 11.4. The number of unbranched alkanes of at least 4 members (excludes halogenated alkanes) is 3. The quantitative estimate of drug-likeness (QED) is 0.580. The molecule has 0 radical (unpaired) electrons. The zero-order chi connectivity index (χ0) is 14.1. The Balaban J connectivity index is 2.14. The molecule has 0 aliphatic rings. The second-order valence-electron chi connectivity index (χ2n) is 4.09. The maximum atomic E-state index is 11.4. The zero-order valence-electron chi connectivity index (χ0n) is 10.8. The first-order chi connectivity index (χ1) is 9.13. The van der Waals surface area contributed by atoms with Gasteiger partial charge in [0.25, 0.3) is 5.56 Å². The van der Waals surface area contributed by atoms with Gasteiger partial charge in [0, 0.05) is 24.6 Å². The molecule has 0 atom stereocenters. The van der Waals surface area contributed by atoms with E-state index in [1.165, 1.54) is 34.7 Å². The minimum absolute atomic E-state index is 0.0137. The van der Waals surface area contributed by atoms with E-state index < -0.39 is 0 Å². The molecule has 1 heterocycles. The molecule has 0 aliphatic carbocycles. The molecule has 6 heteroatoms. The van der Waals surface area contributed by atoms with Crippen molar-refractivity contribution in [1.29, 1.82) is 0 Å². The number of carbonyl (C=O) groups excluding carboxylic acids is 1. The summed E-state index contributed by atoms with van der Waals surface area (Å²) in [6.45, 7) is 4.01. The van der Waals surface area contributed by atoms with Crippen LogP contribution in [0.3, 0.4) is 0 Å². The number of rotatable bonds is 8. The van der Waals surface area contributed by atoms with Crippen molar-refractivity contribution in [3.8, 4) is 0 Å². The lowest BCUT2D eigenvalue weighted by atomic mass is 10.2. The average molecular weight is 282 g/mol. The highest BCUT2D eigenvalue weighted by atomic mass is 32.2. The van der Waals surface area contributed by atoms with Gasteiger partial charge < -0.3 is 4.57 Å². The van der Waals surface area contributed by atoms with Gasteiger partial charge in [0.2, 0.25) is 5.12 Å². The fourth-order valence-electron chi connectivity index (χ4n) is 1.59. The van der Waals surface area contributed by atoms with E-state index in [4.69, 9.17) is 0 Å². The fraction of sp³-hybridized carbons (Fsp3) is 0.462. The van der Waals surface area contributed by atoms with Crippen molar-refractivity contribution in [3.63, 3.8) is 0 Å². The highest BCUT2D eigenvalue weighted by Gasteiger charge is 1.98. The first-order valence-electron chi connectivity index (χ1n) is 6.22. The van der Waals surface area contributed by atoms with Crippen molar-refractivity contribution in [2.24, 2.45) is 0 Å². The number of thioether (sulfide) groups is 1. The third-order valence-corrected chi connectivity index (χ3v) is 3.55. The first-order valence-corrected chi connectivity index (χ1v) is 7.21. The number of hydrogen-bond donors (Lipinski definition) is 1. The Bertz CT molecular complexity index is 533. The highest BCUT2D eigenvalue weighted by molar-refractivity contribution is 8.14. The van der Waals surface area contributed by atoms with Gasteiger partial charge in [-0.3, -0.25) is 14.6 Å². The van der Waals surface area contributed by atoms with Crippen LogP contribution in [0.2, 0.25) is 0 Å². The summed E-state index contributed by atoms with van der Waals surface area (Å²) < 4.78 is 1.50. The SMILES string of the molecule is C=CC(=O)SCCCCCCn1ccc(=O)[nH]c1=O. The third-order valence-electron chi connectivity index (χ3n) is 2.60. The van der Waals surface area contributed by atoms with Crippen LogP contribution in [0.15, 0.2) is 34.5 Å². The van der Waals surface area contributed by atoms with Crippen LogP contribution in [0, 0.1) is 0 Å². The summed E-state index contributed by atoms with van der Waals surface area (Å²) in [6, 6.07) is 1.35. The van der Waals surface area contributed by atoms with Gasteiger partial charge in [0.1, 0.15) is 0 Å². The zero-order valence-corrected chi connectivity index (χ0v) is 11.6. The number of aromatic amines is 1. The van der Waals surface area contributed by atoms with Crippen molar-refractivity contribution in [1.82, 2.24) is 9.55 Å². The molecule has 19 heavy (non-hydrogen) atoms. The summed E-state index contributed by atoms with van der Waals surface area (Å²) in [5, 5.41) is 0.0137. The second kappa shape index (κ2) is 8.53. The Kier molecular flexibility index (Phi) is 6.95. The molecule has 0 fully saturated rings. The Labute approximate surface area is 115 Å². The van der Waals surface area contributed by atoms with Crippen LogP contribution in [0.5, 0.6) is 0 Å². The molecule has 0 bridgehead atoms. The van der Waals surface area contributed by atoms with Crippen LogP contribution >= 0.6 is 11.8 Å². The van der Waals surface area contributed by atoms with Gasteiger partial charge in [-0.1, -0.05) is 31.2 Å².